The van der Waals surface area contributed by atoms with Crippen molar-refractivity contribution in [3.8, 4) is 0 Å². The van der Waals surface area contributed by atoms with Crippen LogP contribution in [-0.2, 0) is 13.5 Å². The molecule has 1 aliphatic heterocycles. The summed E-state index contributed by atoms with van der Waals surface area (Å²) in [5.74, 6) is 0. The molecule has 74 valence electrons. The van der Waals surface area contributed by atoms with Crippen molar-refractivity contribution in [3.05, 3.63) is 48.0 Å². The van der Waals surface area contributed by atoms with E-state index >= 15 is 0 Å². The molecule has 3 nitrogen and oxygen atoms in total. The Morgan fingerprint density at radius 3 is 2.87 bits per heavy atom. The number of imidazole rings is 1. The SMILES string of the molecule is Cn1cnc(C2=Nc3ccccc3C2)c1. The van der Waals surface area contributed by atoms with Crippen molar-refractivity contribution < 1.29 is 0 Å². The zero-order valence-corrected chi connectivity index (χ0v) is 8.51. The first-order valence-corrected chi connectivity index (χ1v) is 4.97. The molecule has 2 aromatic rings. The van der Waals surface area contributed by atoms with E-state index in [0.717, 1.165) is 23.5 Å². The third-order valence-corrected chi connectivity index (χ3v) is 2.61. The van der Waals surface area contributed by atoms with Crippen LogP contribution >= 0.6 is 0 Å². The van der Waals surface area contributed by atoms with E-state index in [4.69, 9.17) is 0 Å². The van der Waals surface area contributed by atoms with Gasteiger partial charge in [0.05, 0.1) is 17.7 Å². The Balaban J connectivity index is 2.01. The Bertz CT molecular complexity index is 537. The van der Waals surface area contributed by atoms with E-state index in [1.807, 2.05) is 29.9 Å². The van der Waals surface area contributed by atoms with Crippen LogP contribution in [0.25, 0.3) is 0 Å². The van der Waals surface area contributed by atoms with Crippen molar-refractivity contribution in [2.24, 2.45) is 12.0 Å². The number of aliphatic imine (C=N–C) groups is 1. The summed E-state index contributed by atoms with van der Waals surface area (Å²) in [6.45, 7) is 0. The maximum absolute atomic E-state index is 4.58. The van der Waals surface area contributed by atoms with E-state index < -0.39 is 0 Å². The zero-order valence-electron chi connectivity index (χ0n) is 8.51. The normalized spacial score (nSPS) is 13.8. The van der Waals surface area contributed by atoms with Crippen LogP contribution in [0.3, 0.4) is 0 Å². The lowest BCUT2D eigenvalue weighted by Gasteiger charge is -1.93. The number of aromatic nitrogens is 2. The van der Waals surface area contributed by atoms with Gasteiger partial charge in [0.15, 0.2) is 0 Å². The van der Waals surface area contributed by atoms with E-state index in [1.165, 1.54) is 5.56 Å². The molecule has 1 aliphatic rings. The molecule has 0 radical (unpaired) electrons. The minimum absolute atomic E-state index is 0.896. The number of fused-ring (bicyclic) bond motifs is 1. The molecule has 0 saturated carbocycles. The van der Waals surface area contributed by atoms with Crippen molar-refractivity contribution in [1.82, 2.24) is 9.55 Å². The smallest absolute Gasteiger partial charge is 0.103 e. The topological polar surface area (TPSA) is 30.2 Å². The summed E-state index contributed by atoms with van der Waals surface area (Å²) >= 11 is 0. The number of nitrogens with zero attached hydrogens (tertiary/aromatic N) is 3. The molecule has 0 aliphatic carbocycles. The molecular formula is C12H11N3. The first-order valence-electron chi connectivity index (χ1n) is 4.97. The van der Waals surface area contributed by atoms with E-state index in [-0.39, 0.29) is 0 Å². The first kappa shape index (κ1) is 8.41. The molecule has 0 N–H and O–H groups in total. The summed E-state index contributed by atoms with van der Waals surface area (Å²) < 4.78 is 1.95. The van der Waals surface area contributed by atoms with Gasteiger partial charge in [-0.15, -0.1) is 0 Å². The summed E-state index contributed by atoms with van der Waals surface area (Å²) in [5, 5.41) is 0. The lowest BCUT2D eigenvalue weighted by atomic mass is 10.1. The number of hydrogen-bond donors (Lipinski definition) is 0. The molecule has 0 unspecified atom stereocenters. The van der Waals surface area contributed by atoms with Crippen molar-refractivity contribution in [1.29, 1.82) is 0 Å². The molecule has 1 aromatic heterocycles. The average Bonchev–Trinajstić information content (AvgIpc) is 2.82. The second kappa shape index (κ2) is 3.05. The van der Waals surface area contributed by atoms with Gasteiger partial charge < -0.3 is 4.57 Å². The van der Waals surface area contributed by atoms with Crippen molar-refractivity contribution in [2.75, 3.05) is 0 Å². The largest absolute Gasteiger partial charge is 0.340 e. The highest BCUT2D eigenvalue weighted by atomic mass is 15.0. The van der Waals surface area contributed by atoms with Gasteiger partial charge in [-0.25, -0.2) is 4.98 Å². The summed E-state index contributed by atoms with van der Waals surface area (Å²) in [6.07, 6.45) is 4.71. The van der Waals surface area contributed by atoms with E-state index in [1.54, 1.807) is 6.33 Å². The number of hydrogen-bond acceptors (Lipinski definition) is 2. The van der Waals surface area contributed by atoms with Gasteiger partial charge in [-0.1, -0.05) is 18.2 Å². The average molecular weight is 197 g/mol. The molecule has 2 heterocycles. The maximum atomic E-state index is 4.58. The Labute approximate surface area is 88.1 Å². The van der Waals surface area contributed by atoms with Crippen LogP contribution in [0.15, 0.2) is 41.8 Å². The summed E-state index contributed by atoms with van der Waals surface area (Å²) in [6, 6.07) is 8.24. The van der Waals surface area contributed by atoms with Crippen LogP contribution in [-0.4, -0.2) is 15.3 Å². The van der Waals surface area contributed by atoms with Gasteiger partial charge in [-0.3, -0.25) is 4.99 Å². The third kappa shape index (κ3) is 1.36. The Morgan fingerprint density at radius 1 is 1.27 bits per heavy atom. The van der Waals surface area contributed by atoms with Crippen LogP contribution in [0.4, 0.5) is 5.69 Å². The van der Waals surface area contributed by atoms with Crippen LogP contribution in [0.5, 0.6) is 0 Å². The molecular weight excluding hydrogens is 186 g/mol. The fourth-order valence-corrected chi connectivity index (χ4v) is 1.84. The minimum atomic E-state index is 0.896. The molecule has 0 saturated heterocycles. The highest BCUT2D eigenvalue weighted by Crippen LogP contribution is 2.27. The van der Waals surface area contributed by atoms with Crippen molar-refractivity contribution >= 4 is 11.4 Å². The summed E-state index contributed by atoms with van der Waals surface area (Å²) in [5.41, 5.74) is 4.42. The lowest BCUT2D eigenvalue weighted by Crippen LogP contribution is -2.00. The van der Waals surface area contributed by atoms with Crippen LogP contribution in [0.1, 0.15) is 11.3 Å². The molecule has 3 heteroatoms. The quantitative estimate of drug-likeness (QED) is 0.688. The number of benzene rings is 1. The Kier molecular flexibility index (Phi) is 1.71. The van der Waals surface area contributed by atoms with Gasteiger partial charge in [0.1, 0.15) is 5.69 Å². The van der Waals surface area contributed by atoms with Gasteiger partial charge in [-0.2, -0.15) is 0 Å². The number of rotatable bonds is 1. The van der Waals surface area contributed by atoms with Gasteiger partial charge in [0.2, 0.25) is 0 Å². The fourth-order valence-electron chi connectivity index (χ4n) is 1.84. The highest BCUT2D eigenvalue weighted by molar-refractivity contribution is 6.05. The van der Waals surface area contributed by atoms with E-state index in [0.29, 0.717) is 0 Å². The standard InChI is InChI=1S/C12H11N3/c1-15-7-12(13-8-15)11-6-9-4-2-3-5-10(9)14-11/h2-5,7-8H,6H2,1H3. The molecule has 0 fully saturated rings. The van der Waals surface area contributed by atoms with Gasteiger partial charge in [-0.05, 0) is 11.6 Å². The number of aryl methyl sites for hydroxylation is 1. The molecule has 0 spiro atoms. The van der Waals surface area contributed by atoms with Gasteiger partial charge in [0, 0.05) is 19.7 Å². The van der Waals surface area contributed by atoms with Crippen molar-refractivity contribution in [3.63, 3.8) is 0 Å². The predicted octanol–water partition coefficient (Wildman–Crippen LogP) is 2.10. The van der Waals surface area contributed by atoms with Crippen LogP contribution < -0.4 is 0 Å². The first-order chi connectivity index (χ1) is 7.33. The molecule has 3 rings (SSSR count). The van der Waals surface area contributed by atoms with Gasteiger partial charge in [0.25, 0.3) is 0 Å². The third-order valence-electron chi connectivity index (χ3n) is 2.61. The Hall–Kier alpha value is -1.90. The summed E-state index contributed by atoms with van der Waals surface area (Å²) in [4.78, 5) is 8.89. The molecule has 0 bridgehead atoms. The monoisotopic (exact) mass is 197 g/mol. The molecule has 0 amide bonds. The highest BCUT2D eigenvalue weighted by Gasteiger charge is 2.16. The predicted molar refractivity (Wildman–Crippen MR) is 59.6 cm³/mol. The molecule has 0 atom stereocenters. The van der Waals surface area contributed by atoms with E-state index in [9.17, 15) is 0 Å². The molecule has 1 aromatic carbocycles. The molecule has 15 heavy (non-hydrogen) atoms. The number of para-hydroxylation sites is 1. The Morgan fingerprint density at radius 2 is 2.13 bits per heavy atom. The second-order valence-electron chi connectivity index (χ2n) is 3.79. The van der Waals surface area contributed by atoms with Crippen LogP contribution in [0.2, 0.25) is 0 Å². The fraction of sp³-hybridized carbons (Fsp3) is 0.167. The van der Waals surface area contributed by atoms with Gasteiger partial charge >= 0.3 is 0 Å². The summed E-state index contributed by atoms with van der Waals surface area (Å²) in [7, 11) is 1.97. The van der Waals surface area contributed by atoms with E-state index in [2.05, 4.69) is 22.1 Å². The maximum Gasteiger partial charge on any atom is 0.103 e. The zero-order chi connectivity index (χ0) is 10.3. The van der Waals surface area contributed by atoms with Crippen LogP contribution in [0, 0.1) is 0 Å². The van der Waals surface area contributed by atoms with Crippen molar-refractivity contribution in [2.45, 2.75) is 6.42 Å². The minimum Gasteiger partial charge on any atom is -0.340 e. The lowest BCUT2D eigenvalue weighted by molar-refractivity contribution is 0.913. The second-order valence-corrected chi connectivity index (χ2v) is 3.79.